The van der Waals surface area contributed by atoms with Gasteiger partial charge in [0.15, 0.2) is 12.6 Å². The van der Waals surface area contributed by atoms with Gasteiger partial charge in [0.25, 0.3) is 0 Å². The Labute approximate surface area is 190 Å². The molecule has 5 nitrogen and oxygen atoms in total. The molecule has 0 aliphatic heterocycles. The van der Waals surface area contributed by atoms with Crippen molar-refractivity contribution in [2.45, 2.75) is 13.5 Å². The van der Waals surface area contributed by atoms with Crippen LogP contribution in [0, 0.1) is 6.92 Å². The predicted octanol–water partition coefficient (Wildman–Crippen LogP) is 5.56. The number of ether oxygens (including phenoxy) is 2. The van der Waals surface area contributed by atoms with Crippen molar-refractivity contribution in [2.75, 3.05) is 6.79 Å². The number of carbonyl (C=O) groups is 1. The number of rotatable bonds is 7. The minimum absolute atomic E-state index is 0.0357. The summed E-state index contributed by atoms with van der Waals surface area (Å²) in [4.78, 5) is 23.1. The van der Waals surface area contributed by atoms with Crippen LogP contribution in [0.2, 0.25) is 0 Å². The lowest BCUT2D eigenvalue weighted by atomic mass is 9.99. The number of allylic oxidation sites excluding steroid dienone is 1. The van der Waals surface area contributed by atoms with Crippen molar-refractivity contribution in [3.8, 4) is 5.75 Å². The summed E-state index contributed by atoms with van der Waals surface area (Å²) in [5.41, 5.74) is 7.40. The molecular formula is C26H20N2O3S. The third-order valence-electron chi connectivity index (χ3n) is 5.33. The molecule has 0 saturated heterocycles. The lowest BCUT2D eigenvalue weighted by molar-refractivity contribution is 0.00488. The molecule has 0 spiro atoms. The largest absolute Gasteiger partial charge is 0.467 e. The fourth-order valence-electron chi connectivity index (χ4n) is 3.87. The van der Waals surface area contributed by atoms with Gasteiger partial charge in [0.1, 0.15) is 5.75 Å². The van der Waals surface area contributed by atoms with E-state index >= 15 is 0 Å². The first kappa shape index (κ1) is 20.3. The number of pyridine rings is 1. The van der Waals surface area contributed by atoms with E-state index in [2.05, 4.69) is 9.97 Å². The third-order valence-corrected chi connectivity index (χ3v) is 6.28. The fourth-order valence-corrected chi connectivity index (χ4v) is 4.73. The van der Waals surface area contributed by atoms with E-state index in [1.807, 2.05) is 67.6 Å². The van der Waals surface area contributed by atoms with Gasteiger partial charge >= 0.3 is 0 Å². The lowest BCUT2D eigenvalue weighted by Crippen LogP contribution is -2.05. The average molecular weight is 441 g/mol. The smallest absolute Gasteiger partial charge is 0.195 e. The maximum absolute atomic E-state index is 13.5. The van der Waals surface area contributed by atoms with Crippen molar-refractivity contribution in [2.24, 2.45) is 0 Å². The number of nitrogens with zero attached hydrogens (tertiary/aromatic N) is 2. The van der Waals surface area contributed by atoms with Crippen LogP contribution in [0.25, 0.3) is 11.1 Å². The molecule has 2 aromatic carbocycles. The zero-order valence-corrected chi connectivity index (χ0v) is 18.3. The Hall–Kier alpha value is -3.61. The minimum atomic E-state index is -0.0357. The fraction of sp³-hybridized carbons (Fsp3) is 0.115. The van der Waals surface area contributed by atoms with Crippen LogP contribution in [0.3, 0.4) is 0 Å². The maximum atomic E-state index is 13.5. The van der Waals surface area contributed by atoms with E-state index in [1.165, 1.54) is 11.3 Å². The van der Waals surface area contributed by atoms with Gasteiger partial charge in [-0.15, -0.1) is 11.3 Å². The van der Waals surface area contributed by atoms with Crippen LogP contribution in [0.1, 0.15) is 37.6 Å². The van der Waals surface area contributed by atoms with E-state index in [4.69, 9.17) is 9.47 Å². The number of ketones is 1. The van der Waals surface area contributed by atoms with Gasteiger partial charge in [-0.1, -0.05) is 48.5 Å². The first-order valence-corrected chi connectivity index (χ1v) is 11.1. The standard InChI is InChI=1S/C26H20N2O3S/c1-17-26(32-15-28-17)24-22(19-9-6-12-27-13-19)25(29)20-10-5-11-21(23(20)24)31-16-30-14-18-7-3-2-4-8-18/h2-13,15H,14,16H2,1H3. The Morgan fingerprint density at radius 2 is 1.84 bits per heavy atom. The number of hydrogen-bond donors (Lipinski definition) is 0. The highest BCUT2D eigenvalue weighted by atomic mass is 32.1. The van der Waals surface area contributed by atoms with Gasteiger partial charge < -0.3 is 9.47 Å². The highest BCUT2D eigenvalue weighted by Crippen LogP contribution is 2.47. The van der Waals surface area contributed by atoms with E-state index in [9.17, 15) is 4.79 Å². The Kier molecular flexibility index (Phi) is 5.62. The molecule has 0 amide bonds. The number of benzene rings is 2. The quantitative estimate of drug-likeness (QED) is 0.278. The molecule has 1 aliphatic carbocycles. The number of aryl methyl sites for hydroxylation is 1. The molecule has 32 heavy (non-hydrogen) atoms. The summed E-state index contributed by atoms with van der Waals surface area (Å²) in [6.45, 7) is 2.48. The van der Waals surface area contributed by atoms with E-state index in [1.54, 1.807) is 17.9 Å². The van der Waals surface area contributed by atoms with Crippen molar-refractivity contribution in [1.29, 1.82) is 0 Å². The molecular weight excluding hydrogens is 420 g/mol. The molecule has 0 N–H and O–H groups in total. The molecule has 5 rings (SSSR count). The molecule has 4 aromatic rings. The third kappa shape index (κ3) is 3.75. The van der Waals surface area contributed by atoms with Crippen molar-refractivity contribution < 1.29 is 14.3 Å². The van der Waals surface area contributed by atoms with Crippen LogP contribution >= 0.6 is 11.3 Å². The molecule has 0 atom stereocenters. The number of thiazole rings is 1. The Morgan fingerprint density at radius 3 is 2.59 bits per heavy atom. The molecule has 0 unspecified atom stereocenters. The van der Waals surface area contributed by atoms with Gasteiger partial charge in [0.2, 0.25) is 0 Å². The van der Waals surface area contributed by atoms with E-state index < -0.39 is 0 Å². The summed E-state index contributed by atoms with van der Waals surface area (Å²) >= 11 is 1.52. The lowest BCUT2D eigenvalue weighted by Gasteiger charge is -2.13. The Bertz CT molecular complexity index is 1300. The van der Waals surface area contributed by atoms with Gasteiger partial charge in [-0.2, -0.15) is 0 Å². The van der Waals surface area contributed by atoms with Gasteiger partial charge in [-0.3, -0.25) is 9.78 Å². The Morgan fingerprint density at radius 1 is 0.969 bits per heavy atom. The molecule has 0 radical (unpaired) electrons. The van der Waals surface area contributed by atoms with Crippen molar-refractivity contribution in [3.63, 3.8) is 0 Å². The number of hydrogen-bond acceptors (Lipinski definition) is 6. The van der Waals surface area contributed by atoms with Crippen LogP contribution in [0.5, 0.6) is 5.75 Å². The summed E-state index contributed by atoms with van der Waals surface area (Å²) in [6, 6.07) is 19.2. The van der Waals surface area contributed by atoms with Crippen LogP contribution in [0.4, 0.5) is 0 Å². The van der Waals surface area contributed by atoms with E-state index in [0.717, 1.165) is 32.8 Å². The summed E-state index contributed by atoms with van der Waals surface area (Å²) in [7, 11) is 0. The second-order valence-corrected chi connectivity index (χ2v) is 8.22. The zero-order chi connectivity index (χ0) is 21.9. The van der Waals surface area contributed by atoms with Crippen LogP contribution < -0.4 is 4.74 Å². The molecule has 2 heterocycles. The monoisotopic (exact) mass is 440 g/mol. The molecule has 0 saturated carbocycles. The topological polar surface area (TPSA) is 61.3 Å². The SMILES string of the molecule is Cc1ncsc1C1=C(c2cccnc2)C(=O)c2cccc(OCOCc3ccccc3)c21. The second kappa shape index (κ2) is 8.86. The van der Waals surface area contributed by atoms with Gasteiger partial charge in [0, 0.05) is 40.2 Å². The Balaban J connectivity index is 1.52. The highest BCUT2D eigenvalue weighted by molar-refractivity contribution is 7.11. The molecule has 6 heteroatoms. The number of carbonyl (C=O) groups excluding carboxylic acids is 1. The minimum Gasteiger partial charge on any atom is -0.467 e. The first-order valence-electron chi connectivity index (χ1n) is 10.2. The van der Waals surface area contributed by atoms with Gasteiger partial charge in [0.05, 0.1) is 22.7 Å². The summed E-state index contributed by atoms with van der Waals surface area (Å²) in [5, 5.41) is 0. The van der Waals surface area contributed by atoms with E-state index in [0.29, 0.717) is 23.5 Å². The molecule has 0 fully saturated rings. The average Bonchev–Trinajstić information content (AvgIpc) is 3.38. The summed E-state index contributed by atoms with van der Waals surface area (Å²) in [6.07, 6.45) is 3.42. The number of fused-ring (bicyclic) bond motifs is 1. The molecule has 2 aromatic heterocycles. The van der Waals surface area contributed by atoms with Gasteiger partial charge in [-0.05, 0) is 24.6 Å². The second-order valence-electron chi connectivity index (χ2n) is 7.36. The molecule has 0 bridgehead atoms. The summed E-state index contributed by atoms with van der Waals surface area (Å²) in [5.74, 6) is 0.581. The van der Waals surface area contributed by atoms with Crippen molar-refractivity contribution in [1.82, 2.24) is 9.97 Å². The van der Waals surface area contributed by atoms with E-state index in [-0.39, 0.29) is 12.6 Å². The highest BCUT2D eigenvalue weighted by Gasteiger charge is 2.35. The molecule has 158 valence electrons. The van der Waals surface area contributed by atoms with Gasteiger partial charge in [-0.25, -0.2) is 4.98 Å². The normalized spacial score (nSPS) is 12.8. The maximum Gasteiger partial charge on any atom is 0.195 e. The van der Waals surface area contributed by atoms with Crippen LogP contribution in [-0.2, 0) is 11.3 Å². The van der Waals surface area contributed by atoms with Crippen molar-refractivity contribution in [3.05, 3.63) is 111 Å². The van der Waals surface area contributed by atoms with Crippen LogP contribution in [-0.4, -0.2) is 22.5 Å². The van der Waals surface area contributed by atoms with Crippen LogP contribution in [0.15, 0.2) is 78.6 Å². The van der Waals surface area contributed by atoms with Crippen molar-refractivity contribution >= 4 is 28.3 Å². The first-order chi connectivity index (χ1) is 15.7. The number of aromatic nitrogens is 2. The number of Topliss-reactive ketones (excluding diaryl/α,β-unsaturated/α-hetero) is 1. The zero-order valence-electron chi connectivity index (χ0n) is 17.4. The predicted molar refractivity (Wildman–Crippen MR) is 125 cm³/mol. The molecule has 1 aliphatic rings. The summed E-state index contributed by atoms with van der Waals surface area (Å²) < 4.78 is 11.8.